The molecule has 0 unspecified atom stereocenters. The summed E-state index contributed by atoms with van der Waals surface area (Å²) in [6.45, 7) is 3.15. The molecule has 9 heteroatoms. The van der Waals surface area contributed by atoms with Gasteiger partial charge in [0.2, 0.25) is 5.82 Å². The molecule has 0 radical (unpaired) electrons. The molecule has 8 nitrogen and oxygen atoms in total. The molecule has 0 spiro atoms. The summed E-state index contributed by atoms with van der Waals surface area (Å²) in [6, 6.07) is 1.72. The van der Waals surface area contributed by atoms with Gasteiger partial charge >= 0.3 is 0 Å². The second kappa shape index (κ2) is 6.10. The lowest BCUT2D eigenvalue weighted by Gasteiger charge is -2.11. The summed E-state index contributed by atoms with van der Waals surface area (Å²) in [6.07, 6.45) is 6.62. The molecule has 0 aliphatic rings. The SMILES string of the molecule is C[C@@H](CNC(=O)c1nc2ncccn2n1)Cn1cc(Cl)cn1. The average molecular weight is 320 g/mol. The van der Waals surface area contributed by atoms with E-state index in [1.807, 2.05) is 6.92 Å². The van der Waals surface area contributed by atoms with Gasteiger partial charge in [-0.05, 0) is 12.0 Å². The van der Waals surface area contributed by atoms with E-state index < -0.39 is 0 Å². The lowest BCUT2D eigenvalue weighted by atomic mass is 10.2. The van der Waals surface area contributed by atoms with Gasteiger partial charge < -0.3 is 5.32 Å². The molecule has 3 aromatic heterocycles. The van der Waals surface area contributed by atoms with E-state index in [0.717, 1.165) is 0 Å². The van der Waals surface area contributed by atoms with E-state index in [9.17, 15) is 4.79 Å². The summed E-state index contributed by atoms with van der Waals surface area (Å²) < 4.78 is 3.20. The van der Waals surface area contributed by atoms with Crippen molar-refractivity contribution in [2.75, 3.05) is 6.54 Å². The molecule has 1 atom stereocenters. The van der Waals surface area contributed by atoms with Crippen molar-refractivity contribution >= 4 is 23.3 Å². The van der Waals surface area contributed by atoms with Crippen molar-refractivity contribution < 1.29 is 4.79 Å². The molecule has 0 saturated carbocycles. The van der Waals surface area contributed by atoms with Gasteiger partial charge in [-0.1, -0.05) is 18.5 Å². The van der Waals surface area contributed by atoms with Gasteiger partial charge in [-0.3, -0.25) is 9.48 Å². The number of carbonyl (C=O) groups is 1. The molecular formula is C13H14ClN7O. The first kappa shape index (κ1) is 14.5. The molecule has 0 fully saturated rings. The fraction of sp³-hybridized carbons (Fsp3) is 0.308. The molecule has 1 N–H and O–H groups in total. The van der Waals surface area contributed by atoms with Crippen LogP contribution in [0.5, 0.6) is 0 Å². The predicted octanol–water partition coefficient (Wildman–Crippen LogP) is 1.04. The van der Waals surface area contributed by atoms with Crippen LogP contribution in [0.1, 0.15) is 17.5 Å². The topological polar surface area (TPSA) is 90.0 Å². The average Bonchev–Trinajstić information content (AvgIpc) is 3.10. The van der Waals surface area contributed by atoms with E-state index in [-0.39, 0.29) is 17.6 Å². The molecule has 114 valence electrons. The fourth-order valence-corrected chi connectivity index (χ4v) is 2.15. The van der Waals surface area contributed by atoms with Crippen molar-refractivity contribution in [1.29, 1.82) is 0 Å². The van der Waals surface area contributed by atoms with Gasteiger partial charge in [-0.2, -0.15) is 10.1 Å². The minimum atomic E-state index is -0.323. The van der Waals surface area contributed by atoms with Gasteiger partial charge in [0.1, 0.15) is 0 Å². The minimum Gasteiger partial charge on any atom is -0.349 e. The zero-order valence-electron chi connectivity index (χ0n) is 11.8. The van der Waals surface area contributed by atoms with Crippen LogP contribution in [-0.4, -0.2) is 41.8 Å². The van der Waals surface area contributed by atoms with Gasteiger partial charge in [0.25, 0.3) is 11.7 Å². The molecular weight excluding hydrogens is 306 g/mol. The molecule has 3 heterocycles. The number of carbonyl (C=O) groups excluding carboxylic acids is 1. The first-order valence-corrected chi connectivity index (χ1v) is 7.13. The lowest BCUT2D eigenvalue weighted by molar-refractivity contribution is 0.0936. The summed E-state index contributed by atoms with van der Waals surface area (Å²) in [7, 11) is 0. The normalized spacial score (nSPS) is 12.5. The Balaban J connectivity index is 1.57. The van der Waals surface area contributed by atoms with Gasteiger partial charge in [0.15, 0.2) is 0 Å². The van der Waals surface area contributed by atoms with Crippen LogP contribution < -0.4 is 5.32 Å². The largest absolute Gasteiger partial charge is 0.349 e. The monoisotopic (exact) mass is 319 g/mol. The Bertz CT molecular complexity index is 763. The zero-order valence-corrected chi connectivity index (χ0v) is 12.6. The van der Waals surface area contributed by atoms with E-state index in [0.29, 0.717) is 23.9 Å². The van der Waals surface area contributed by atoms with Crippen LogP contribution in [0.4, 0.5) is 0 Å². The number of amides is 1. The van der Waals surface area contributed by atoms with Crippen LogP contribution in [0, 0.1) is 5.92 Å². The molecule has 0 saturated heterocycles. The molecule has 0 aromatic carbocycles. The highest BCUT2D eigenvalue weighted by molar-refractivity contribution is 6.30. The molecule has 0 aliphatic heterocycles. The van der Waals surface area contributed by atoms with E-state index in [4.69, 9.17) is 11.6 Å². The molecule has 1 amide bonds. The summed E-state index contributed by atoms with van der Waals surface area (Å²) in [5.74, 6) is 0.367. The molecule has 3 rings (SSSR count). The second-order valence-electron chi connectivity index (χ2n) is 5.00. The third-order valence-electron chi connectivity index (χ3n) is 3.03. The third kappa shape index (κ3) is 3.22. The molecule has 0 bridgehead atoms. The molecule has 0 aliphatic carbocycles. The molecule has 22 heavy (non-hydrogen) atoms. The van der Waals surface area contributed by atoms with Crippen LogP contribution >= 0.6 is 11.6 Å². The first-order valence-electron chi connectivity index (χ1n) is 6.75. The van der Waals surface area contributed by atoms with E-state index in [1.165, 1.54) is 4.52 Å². The predicted molar refractivity (Wildman–Crippen MR) is 79.5 cm³/mol. The summed E-state index contributed by atoms with van der Waals surface area (Å²) in [5.41, 5.74) is 0. The Hall–Kier alpha value is -2.48. The van der Waals surface area contributed by atoms with Crippen molar-refractivity contribution in [2.45, 2.75) is 13.5 Å². The maximum atomic E-state index is 12.1. The van der Waals surface area contributed by atoms with Gasteiger partial charge in [0, 0.05) is 31.7 Å². The van der Waals surface area contributed by atoms with Gasteiger partial charge in [0.05, 0.1) is 11.2 Å². The van der Waals surface area contributed by atoms with E-state index in [1.54, 1.807) is 35.5 Å². The van der Waals surface area contributed by atoms with Crippen LogP contribution in [-0.2, 0) is 6.54 Å². The number of halogens is 1. The fourth-order valence-electron chi connectivity index (χ4n) is 2.00. The Kier molecular flexibility index (Phi) is 4.01. The highest BCUT2D eigenvalue weighted by Gasteiger charge is 2.14. The Labute approximate surface area is 131 Å². The van der Waals surface area contributed by atoms with Crippen LogP contribution in [0.2, 0.25) is 5.02 Å². The number of hydrogen-bond donors (Lipinski definition) is 1. The lowest BCUT2D eigenvalue weighted by Crippen LogP contribution is -2.30. The quantitative estimate of drug-likeness (QED) is 0.759. The summed E-state index contributed by atoms with van der Waals surface area (Å²) >= 11 is 5.81. The highest BCUT2D eigenvalue weighted by atomic mass is 35.5. The highest BCUT2D eigenvalue weighted by Crippen LogP contribution is 2.07. The van der Waals surface area contributed by atoms with Crippen molar-refractivity contribution in [3.63, 3.8) is 0 Å². The first-order chi connectivity index (χ1) is 10.6. The number of rotatable bonds is 5. The van der Waals surface area contributed by atoms with Gasteiger partial charge in [-0.25, -0.2) is 9.50 Å². The Morgan fingerprint density at radius 1 is 1.50 bits per heavy atom. The van der Waals surface area contributed by atoms with Crippen LogP contribution in [0.25, 0.3) is 5.78 Å². The summed E-state index contributed by atoms with van der Waals surface area (Å²) in [5, 5.41) is 11.6. The molecule has 3 aromatic rings. The number of aromatic nitrogens is 6. The smallest absolute Gasteiger partial charge is 0.291 e. The Morgan fingerprint density at radius 3 is 3.09 bits per heavy atom. The maximum absolute atomic E-state index is 12.1. The third-order valence-corrected chi connectivity index (χ3v) is 3.23. The summed E-state index contributed by atoms with van der Waals surface area (Å²) in [4.78, 5) is 20.1. The van der Waals surface area contributed by atoms with E-state index >= 15 is 0 Å². The van der Waals surface area contributed by atoms with Gasteiger partial charge in [-0.15, -0.1) is 5.10 Å². The van der Waals surface area contributed by atoms with Crippen LogP contribution in [0.3, 0.4) is 0 Å². The standard InChI is InChI=1S/C13H14ClN7O/c1-9(7-20-8-10(14)6-17-20)5-16-12(22)11-18-13-15-3-2-4-21(13)19-11/h2-4,6,8-9H,5,7H2,1H3,(H,16,22)/t9-/m0/s1. The van der Waals surface area contributed by atoms with E-state index in [2.05, 4.69) is 25.5 Å². The maximum Gasteiger partial charge on any atom is 0.291 e. The van der Waals surface area contributed by atoms with Crippen LogP contribution in [0.15, 0.2) is 30.9 Å². The van der Waals surface area contributed by atoms with Crippen molar-refractivity contribution in [3.05, 3.63) is 41.7 Å². The second-order valence-corrected chi connectivity index (χ2v) is 5.43. The van der Waals surface area contributed by atoms with Crippen molar-refractivity contribution in [3.8, 4) is 0 Å². The number of nitrogens with one attached hydrogen (secondary N) is 1. The van der Waals surface area contributed by atoms with Crippen molar-refractivity contribution in [1.82, 2.24) is 34.7 Å². The number of fused-ring (bicyclic) bond motifs is 1. The zero-order chi connectivity index (χ0) is 15.5. The minimum absolute atomic E-state index is 0.105. The Morgan fingerprint density at radius 2 is 2.36 bits per heavy atom. The number of nitrogens with zero attached hydrogens (tertiary/aromatic N) is 6. The number of hydrogen-bond acceptors (Lipinski definition) is 5. The van der Waals surface area contributed by atoms with Crippen molar-refractivity contribution in [2.24, 2.45) is 5.92 Å².